The van der Waals surface area contributed by atoms with E-state index in [0.717, 1.165) is 12.1 Å². The molecular formula is C24H16Br2F8O. The van der Waals surface area contributed by atoms with Crippen LogP contribution in [0.5, 0.6) is 0 Å². The Labute approximate surface area is 211 Å². The first-order chi connectivity index (χ1) is 15.7. The van der Waals surface area contributed by atoms with Crippen LogP contribution in [0.2, 0.25) is 0 Å². The average Bonchev–Trinajstić information content (AvgIpc) is 2.77. The van der Waals surface area contributed by atoms with E-state index < -0.39 is 32.6 Å². The van der Waals surface area contributed by atoms with Gasteiger partial charge >= 0.3 is 12.4 Å². The summed E-state index contributed by atoms with van der Waals surface area (Å²) >= 11 is 4.28. The third-order valence-electron chi connectivity index (χ3n) is 4.97. The molecule has 0 heterocycles. The molecule has 35 heavy (non-hydrogen) atoms. The van der Waals surface area contributed by atoms with Crippen LogP contribution in [-0.4, -0.2) is 17.8 Å². The van der Waals surface area contributed by atoms with Crippen molar-refractivity contribution in [2.24, 2.45) is 0 Å². The Kier molecular flexibility index (Phi) is 8.61. The smallest absolute Gasteiger partial charge is 0.412 e. The summed E-state index contributed by atoms with van der Waals surface area (Å²) in [6.45, 7) is 0. The van der Waals surface area contributed by atoms with Gasteiger partial charge in [0, 0.05) is 11.1 Å². The van der Waals surface area contributed by atoms with Crippen molar-refractivity contribution >= 4 is 53.4 Å². The molecule has 2 unspecified atom stereocenters. The molecule has 0 saturated heterocycles. The zero-order valence-electron chi connectivity index (χ0n) is 17.4. The van der Waals surface area contributed by atoms with Crippen LogP contribution < -0.4 is 0 Å². The van der Waals surface area contributed by atoms with Crippen molar-refractivity contribution in [2.45, 2.75) is 21.5 Å². The summed E-state index contributed by atoms with van der Waals surface area (Å²) in [7, 11) is 0. The first-order valence-electron chi connectivity index (χ1n) is 9.53. The summed E-state index contributed by atoms with van der Waals surface area (Å²) < 4.78 is 96.4. The summed E-state index contributed by atoms with van der Waals surface area (Å²) in [5.41, 5.74) is -0.855. The Morgan fingerprint density at radius 3 is 1.03 bits per heavy atom. The molecule has 0 amide bonds. The molecule has 0 aliphatic rings. The first-order valence-corrected chi connectivity index (χ1v) is 11.1. The predicted molar refractivity (Wildman–Crippen MR) is 127 cm³/mol. The van der Waals surface area contributed by atoms with E-state index in [4.69, 9.17) is 0 Å². The topological polar surface area (TPSA) is 31.5 Å². The predicted octanol–water partition coefficient (Wildman–Crippen LogP) is 9.01. The van der Waals surface area contributed by atoms with E-state index in [1.165, 1.54) is 24.3 Å². The normalized spacial score (nSPS) is 15.4. The van der Waals surface area contributed by atoms with E-state index in [2.05, 4.69) is 31.9 Å². The summed E-state index contributed by atoms with van der Waals surface area (Å²) in [5.74, 6) is 0. The minimum absolute atomic E-state index is 0. The monoisotopic (exact) mass is 630 g/mol. The van der Waals surface area contributed by atoms with Gasteiger partial charge in [-0.15, -0.1) is 0 Å². The maximum Gasteiger partial charge on any atom is 0.437 e. The van der Waals surface area contributed by atoms with E-state index in [1.807, 2.05) is 0 Å². The Balaban J connectivity index is 0.000000240. The third-order valence-corrected chi connectivity index (χ3v) is 6.72. The molecule has 0 fully saturated rings. The quantitative estimate of drug-likeness (QED) is 0.156. The summed E-state index contributed by atoms with van der Waals surface area (Å²) in [6, 6.07) is 21.1. The molecule has 4 rings (SSSR count). The zero-order valence-corrected chi connectivity index (χ0v) is 20.5. The maximum atomic E-state index is 13.9. The van der Waals surface area contributed by atoms with E-state index in [9.17, 15) is 35.1 Å². The van der Waals surface area contributed by atoms with Crippen LogP contribution in [0, 0.1) is 0 Å². The molecular weight excluding hydrogens is 616 g/mol. The SMILES string of the molecule is FC(F)(F)C(F)(Br)c1cccc2ccccc12.FC(F)(F)C(F)(Br)c1cccc2ccccc12.O. The van der Waals surface area contributed by atoms with Crippen LogP contribution in [0.3, 0.4) is 0 Å². The van der Waals surface area contributed by atoms with Crippen molar-refractivity contribution in [1.29, 1.82) is 0 Å². The Morgan fingerprint density at radius 1 is 0.429 bits per heavy atom. The van der Waals surface area contributed by atoms with E-state index in [0.29, 0.717) is 10.8 Å². The molecule has 0 aliphatic carbocycles. The van der Waals surface area contributed by atoms with Crippen molar-refractivity contribution in [3.8, 4) is 0 Å². The van der Waals surface area contributed by atoms with E-state index in [1.54, 1.807) is 48.5 Å². The zero-order chi connectivity index (χ0) is 25.4. The van der Waals surface area contributed by atoms with Gasteiger partial charge in [-0.1, -0.05) is 84.9 Å². The van der Waals surface area contributed by atoms with Crippen molar-refractivity contribution in [1.82, 2.24) is 0 Å². The molecule has 1 nitrogen and oxygen atoms in total. The van der Waals surface area contributed by atoms with Crippen LogP contribution >= 0.6 is 31.9 Å². The Morgan fingerprint density at radius 2 is 0.714 bits per heavy atom. The van der Waals surface area contributed by atoms with Crippen molar-refractivity contribution in [3.63, 3.8) is 0 Å². The number of fused-ring (bicyclic) bond motifs is 2. The number of rotatable bonds is 2. The lowest BCUT2D eigenvalue weighted by Crippen LogP contribution is -2.32. The van der Waals surface area contributed by atoms with Gasteiger partial charge in [-0.3, -0.25) is 0 Å². The highest BCUT2D eigenvalue weighted by Gasteiger charge is 2.57. The molecule has 0 spiro atoms. The number of hydrogen-bond donors (Lipinski definition) is 0. The van der Waals surface area contributed by atoms with Gasteiger partial charge < -0.3 is 5.48 Å². The summed E-state index contributed by atoms with van der Waals surface area (Å²) in [6.07, 6.45) is -10.0. The van der Waals surface area contributed by atoms with Crippen LogP contribution in [0.4, 0.5) is 35.1 Å². The molecule has 0 bridgehead atoms. The lowest BCUT2D eigenvalue weighted by Gasteiger charge is -2.23. The highest BCUT2D eigenvalue weighted by molar-refractivity contribution is 9.09. The van der Waals surface area contributed by atoms with Crippen LogP contribution in [-0.2, 0) is 9.16 Å². The second kappa shape index (κ2) is 10.4. The number of benzene rings is 4. The highest BCUT2D eigenvalue weighted by Crippen LogP contribution is 2.50. The molecule has 4 aromatic rings. The van der Waals surface area contributed by atoms with Crippen LogP contribution in [0.15, 0.2) is 84.9 Å². The van der Waals surface area contributed by atoms with Crippen molar-refractivity contribution < 1.29 is 40.6 Å². The van der Waals surface area contributed by atoms with Gasteiger partial charge in [-0.2, -0.15) is 26.3 Å². The average molecular weight is 632 g/mol. The Hall–Kier alpha value is -2.24. The van der Waals surface area contributed by atoms with Gasteiger partial charge in [0.2, 0.25) is 0 Å². The molecule has 2 N–H and O–H groups in total. The fourth-order valence-corrected chi connectivity index (χ4v) is 4.00. The number of hydrogen-bond acceptors (Lipinski definition) is 0. The molecule has 188 valence electrons. The van der Waals surface area contributed by atoms with Crippen molar-refractivity contribution in [2.75, 3.05) is 0 Å². The fourth-order valence-electron chi connectivity index (χ4n) is 3.30. The minimum Gasteiger partial charge on any atom is -0.412 e. The van der Waals surface area contributed by atoms with E-state index >= 15 is 0 Å². The summed E-state index contributed by atoms with van der Waals surface area (Å²) in [5, 5.41) is 1.62. The van der Waals surface area contributed by atoms with Gasteiger partial charge in [0.25, 0.3) is 9.16 Å². The molecule has 0 aromatic heterocycles. The van der Waals surface area contributed by atoms with Gasteiger partial charge in [0.05, 0.1) is 0 Å². The number of alkyl halides is 10. The fraction of sp³-hybridized carbons (Fsp3) is 0.167. The molecule has 0 aliphatic heterocycles. The van der Waals surface area contributed by atoms with Crippen molar-refractivity contribution in [3.05, 3.63) is 96.1 Å². The molecule has 0 saturated carbocycles. The second-order valence-electron chi connectivity index (χ2n) is 7.20. The molecule has 0 radical (unpaired) electrons. The third kappa shape index (κ3) is 5.78. The van der Waals surface area contributed by atoms with Gasteiger partial charge in [0.1, 0.15) is 0 Å². The molecule has 2 atom stereocenters. The van der Waals surface area contributed by atoms with Gasteiger partial charge in [-0.25, -0.2) is 8.78 Å². The standard InChI is InChI=1S/2C12H7BrF4.H2O/c2*13-11(14,12(15,16)17)10-7-3-5-8-4-1-2-6-9(8)10;/h2*1-7H;1H2. The van der Waals surface area contributed by atoms with Gasteiger partial charge in [-0.05, 0) is 53.4 Å². The highest BCUT2D eigenvalue weighted by atomic mass is 79.9. The lowest BCUT2D eigenvalue weighted by atomic mass is 10.0. The lowest BCUT2D eigenvalue weighted by molar-refractivity contribution is -0.195. The van der Waals surface area contributed by atoms with Gasteiger partial charge in [0.15, 0.2) is 0 Å². The Bertz CT molecular complexity index is 1190. The largest absolute Gasteiger partial charge is 0.437 e. The molecule has 4 aromatic carbocycles. The molecule has 11 heteroatoms. The number of halogens is 10. The minimum atomic E-state index is -5.00. The second-order valence-corrected chi connectivity index (χ2v) is 9.38. The van der Waals surface area contributed by atoms with E-state index in [-0.39, 0.29) is 16.2 Å². The van der Waals surface area contributed by atoms with Crippen LogP contribution in [0.25, 0.3) is 21.5 Å². The van der Waals surface area contributed by atoms with Crippen LogP contribution in [0.1, 0.15) is 11.1 Å². The summed E-state index contributed by atoms with van der Waals surface area (Å²) in [4.78, 5) is 0. The first kappa shape index (κ1) is 29.0. The maximum absolute atomic E-state index is 13.9.